The zero-order chi connectivity index (χ0) is 25.2. The largest absolute Gasteiger partial charge is 0.492 e. The second kappa shape index (κ2) is 9.97. The number of nitrogens with zero attached hydrogens (tertiary/aromatic N) is 1. The minimum atomic E-state index is -0.230. The number of carbonyl (C=O) groups excluding carboxylic acids is 1. The summed E-state index contributed by atoms with van der Waals surface area (Å²) in [5.74, 6) is 2.66. The standard InChI is InChI=1S/C31H27NO5/c1-34-30(33)17-20-19-35-29-18-22(12-13-23(20)29)36-28-15-14-25-24(9-5-10-26(25)28)27-11-6-16-32-31(27)37-21-7-3-2-4-8-21/h2-13,16,18,20,28H,14-15,17,19H2,1H3/t20-,28-/m1/s1. The Labute approximate surface area is 215 Å². The van der Waals surface area contributed by atoms with Gasteiger partial charge in [-0.25, -0.2) is 4.98 Å². The van der Waals surface area contributed by atoms with Crippen molar-refractivity contribution in [1.29, 1.82) is 0 Å². The molecule has 1 aliphatic heterocycles. The Balaban J connectivity index is 1.24. The smallest absolute Gasteiger partial charge is 0.306 e. The molecule has 1 aromatic heterocycles. The average Bonchev–Trinajstić information content (AvgIpc) is 3.53. The van der Waals surface area contributed by atoms with Crippen molar-refractivity contribution in [2.45, 2.75) is 31.3 Å². The Morgan fingerprint density at radius 1 is 0.946 bits per heavy atom. The fraction of sp³-hybridized carbons (Fsp3) is 0.226. The lowest BCUT2D eigenvalue weighted by Crippen LogP contribution is -2.09. The molecule has 186 valence electrons. The van der Waals surface area contributed by atoms with Gasteiger partial charge in [-0.15, -0.1) is 0 Å². The van der Waals surface area contributed by atoms with Gasteiger partial charge >= 0.3 is 5.97 Å². The highest BCUT2D eigenvalue weighted by Crippen LogP contribution is 2.44. The molecule has 3 aromatic carbocycles. The molecule has 4 aromatic rings. The number of esters is 1. The van der Waals surface area contributed by atoms with Crippen molar-refractivity contribution >= 4 is 5.97 Å². The molecule has 6 nitrogen and oxygen atoms in total. The molecular formula is C31H27NO5. The molecule has 37 heavy (non-hydrogen) atoms. The van der Waals surface area contributed by atoms with Crippen LogP contribution in [0.4, 0.5) is 0 Å². The first-order chi connectivity index (χ1) is 18.2. The number of rotatable bonds is 7. The van der Waals surface area contributed by atoms with Crippen LogP contribution in [-0.4, -0.2) is 24.7 Å². The molecule has 2 aliphatic rings. The number of fused-ring (bicyclic) bond motifs is 2. The van der Waals surface area contributed by atoms with Crippen molar-refractivity contribution in [2.24, 2.45) is 0 Å². The fourth-order valence-electron chi connectivity index (χ4n) is 5.22. The van der Waals surface area contributed by atoms with E-state index in [1.54, 1.807) is 6.20 Å². The van der Waals surface area contributed by atoms with Crippen LogP contribution in [-0.2, 0) is 16.0 Å². The molecule has 0 saturated heterocycles. The number of pyridine rings is 1. The summed E-state index contributed by atoms with van der Waals surface area (Å²) in [6.07, 6.45) is 3.79. The highest BCUT2D eigenvalue weighted by molar-refractivity contribution is 5.74. The minimum absolute atomic E-state index is 0.0121. The normalized spacial score (nSPS) is 17.4. The Kier molecular flexibility index (Phi) is 6.23. The second-order valence-electron chi connectivity index (χ2n) is 9.28. The third-order valence-corrected chi connectivity index (χ3v) is 7.02. The van der Waals surface area contributed by atoms with Crippen LogP contribution in [0.3, 0.4) is 0 Å². The third-order valence-electron chi connectivity index (χ3n) is 7.02. The summed E-state index contributed by atoms with van der Waals surface area (Å²) in [5.41, 5.74) is 5.54. The topological polar surface area (TPSA) is 66.9 Å². The van der Waals surface area contributed by atoms with E-state index >= 15 is 0 Å². The van der Waals surface area contributed by atoms with Crippen molar-refractivity contribution in [3.05, 3.63) is 102 Å². The minimum Gasteiger partial charge on any atom is -0.492 e. The van der Waals surface area contributed by atoms with Gasteiger partial charge in [-0.2, -0.15) is 0 Å². The van der Waals surface area contributed by atoms with E-state index in [4.69, 9.17) is 18.9 Å². The van der Waals surface area contributed by atoms with Gasteiger partial charge < -0.3 is 18.9 Å². The Hall–Kier alpha value is -4.32. The predicted octanol–water partition coefficient (Wildman–Crippen LogP) is 6.65. The molecule has 0 bridgehead atoms. The lowest BCUT2D eigenvalue weighted by Gasteiger charge is -2.17. The number of aromatic nitrogens is 1. The highest BCUT2D eigenvalue weighted by Gasteiger charge is 2.30. The van der Waals surface area contributed by atoms with E-state index in [2.05, 4.69) is 29.2 Å². The summed E-state index contributed by atoms with van der Waals surface area (Å²) >= 11 is 0. The van der Waals surface area contributed by atoms with Gasteiger partial charge in [0.25, 0.3) is 0 Å². The van der Waals surface area contributed by atoms with Gasteiger partial charge in [0.15, 0.2) is 0 Å². The van der Waals surface area contributed by atoms with Crippen LogP contribution in [0.15, 0.2) is 85.1 Å². The molecule has 6 heteroatoms. The molecule has 0 radical (unpaired) electrons. The number of methoxy groups -OCH3 is 1. The summed E-state index contributed by atoms with van der Waals surface area (Å²) in [6, 6.07) is 25.9. The van der Waals surface area contributed by atoms with Crippen molar-refractivity contribution in [2.75, 3.05) is 13.7 Å². The van der Waals surface area contributed by atoms with Crippen LogP contribution in [0.2, 0.25) is 0 Å². The maximum absolute atomic E-state index is 11.7. The molecule has 1 aliphatic carbocycles. The molecule has 0 saturated carbocycles. The van der Waals surface area contributed by atoms with Gasteiger partial charge in [0, 0.05) is 29.3 Å². The van der Waals surface area contributed by atoms with E-state index in [-0.39, 0.29) is 18.0 Å². The number of hydrogen-bond acceptors (Lipinski definition) is 6. The summed E-state index contributed by atoms with van der Waals surface area (Å²) in [4.78, 5) is 16.2. The number of carbonyl (C=O) groups is 1. The Bertz CT molecular complexity index is 1430. The van der Waals surface area contributed by atoms with Gasteiger partial charge in [0.2, 0.25) is 5.88 Å². The average molecular weight is 494 g/mol. The molecular weight excluding hydrogens is 466 g/mol. The first kappa shape index (κ1) is 23.1. The van der Waals surface area contributed by atoms with Gasteiger partial charge in [0.1, 0.15) is 23.4 Å². The summed E-state index contributed by atoms with van der Waals surface area (Å²) in [6.45, 7) is 0.474. The molecule has 6 rings (SSSR count). The van der Waals surface area contributed by atoms with E-state index in [1.165, 1.54) is 18.2 Å². The maximum Gasteiger partial charge on any atom is 0.306 e. The maximum atomic E-state index is 11.7. The summed E-state index contributed by atoms with van der Waals surface area (Å²) in [7, 11) is 1.41. The zero-order valence-electron chi connectivity index (χ0n) is 20.6. The lowest BCUT2D eigenvalue weighted by atomic mass is 9.97. The quantitative estimate of drug-likeness (QED) is 0.269. The number of ether oxygens (including phenoxy) is 4. The van der Waals surface area contributed by atoms with Crippen LogP contribution in [0.5, 0.6) is 23.1 Å². The van der Waals surface area contributed by atoms with E-state index in [1.807, 2.05) is 54.6 Å². The van der Waals surface area contributed by atoms with E-state index in [9.17, 15) is 4.79 Å². The number of para-hydroxylation sites is 1. The third kappa shape index (κ3) is 4.62. The zero-order valence-corrected chi connectivity index (χ0v) is 20.6. The van der Waals surface area contributed by atoms with Gasteiger partial charge in [-0.05, 0) is 59.9 Å². The number of benzene rings is 3. The molecule has 0 unspecified atom stereocenters. The van der Waals surface area contributed by atoms with E-state index in [0.717, 1.165) is 46.8 Å². The molecule has 0 N–H and O–H groups in total. The molecule has 2 heterocycles. The van der Waals surface area contributed by atoms with Crippen LogP contribution in [0, 0.1) is 0 Å². The van der Waals surface area contributed by atoms with E-state index < -0.39 is 0 Å². The second-order valence-corrected chi connectivity index (χ2v) is 9.28. The predicted molar refractivity (Wildman–Crippen MR) is 139 cm³/mol. The Morgan fingerprint density at radius 3 is 2.68 bits per heavy atom. The van der Waals surface area contributed by atoms with E-state index in [0.29, 0.717) is 18.9 Å². The first-order valence-electron chi connectivity index (χ1n) is 12.5. The SMILES string of the molecule is COC(=O)C[C@@H]1COc2cc(O[C@@H]3CCc4c(-c5cccnc5Oc5ccccc5)cccc43)ccc21. The summed E-state index contributed by atoms with van der Waals surface area (Å²) in [5, 5.41) is 0. The van der Waals surface area contributed by atoms with Crippen LogP contribution < -0.4 is 14.2 Å². The van der Waals surface area contributed by atoms with Gasteiger partial charge in [-0.1, -0.05) is 42.5 Å². The van der Waals surface area contributed by atoms with Crippen LogP contribution in [0.1, 0.15) is 41.6 Å². The van der Waals surface area contributed by atoms with Crippen LogP contribution in [0.25, 0.3) is 11.1 Å². The van der Waals surface area contributed by atoms with Gasteiger partial charge in [0.05, 0.1) is 20.1 Å². The van der Waals surface area contributed by atoms with Crippen molar-refractivity contribution in [3.63, 3.8) is 0 Å². The van der Waals surface area contributed by atoms with Crippen molar-refractivity contribution in [1.82, 2.24) is 4.98 Å². The molecule has 2 atom stereocenters. The Morgan fingerprint density at radius 2 is 1.81 bits per heavy atom. The van der Waals surface area contributed by atoms with Crippen molar-refractivity contribution < 1.29 is 23.7 Å². The molecule has 0 fully saturated rings. The monoisotopic (exact) mass is 493 g/mol. The van der Waals surface area contributed by atoms with Crippen LogP contribution >= 0.6 is 0 Å². The summed E-state index contributed by atoms with van der Waals surface area (Å²) < 4.78 is 23.3. The lowest BCUT2D eigenvalue weighted by molar-refractivity contribution is -0.141. The van der Waals surface area contributed by atoms with Crippen molar-refractivity contribution in [3.8, 4) is 34.3 Å². The molecule has 0 spiro atoms. The number of hydrogen-bond donors (Lipinski definition) is 0. The fourth-order valence-corrected chi connectivity index (χ4v) is 5.22. The molecule has 0 amide bonds. The first-order valence-corrected chi connectivity index (χ1v) is 12.5. The highest BCUT2D eigenvalue weighted by atomic mass is 16.5. The van der Waals surface area contributed by atoms with Gasteiger partial charge in [-0.3, -0.25) is 4.79 Å².